The number of hydrogen-bond donors (Lipinski definition) is 0. The molecule has 20 heavy (non-hydrogen) atoms. The van der Waals surface area contributed by atoms with Gasteiger partial charge in [-0.2, -0.15) is 4.98 Å². The second kappa shape index (κ2) is 5.07. The minimum absolute atomic E-state index is 0.0780. The van der Waals surface area contributed by atoms with Crippen LogP contribution in [-0.2, 0) is 11.3 Å². The Kier molecular flexibility index (Phi) is 3.26. The molecule has 104 valence electrons. The molecule has 0 radical (unpaired) electrons. The summed E-state index contributed by atoms with van der Waals surface area (Å²) < 4.78 is 5.17. The molecule has 0 unspecified atom stereocenters. The van der Waals surface area contributed by atoms with Crippen LogP contribution in [0.25, 0.3) is 0 Å². The summed E-state index contributed by atoms with van der Waals surface area (Å²) in [6.07, 6.45) is 1.91. The van der Waals surface area contributed by atoms with Gasteiger partial charge in [0.25, 0.3) is 0 Å². The Labute approximate surface area is 117 Å². The third kappa shape index (κ3) is 2.71. The highest BCUT2D eigenvalue weighted by atomic mass is 16.5. The van der Waals surface area contributed by atoms with Gasteiger partial charge >= 0.3 is 6.01 Å². The standard InChI is InChI=1S/C15H17N3O2/c1-10-3-5-12(6-4-10)9-18(14(19)13-7-8-13)15-16-11(2)17-20-15/h3-6,13H,7-9H2,1-2H3. The minimum Gasteiger partial charge on any atom is -0.315 e. The summed E-state index contributed by atoms with van der Waals surface area (Å²) in [5, 5.41) is 3.78. The van der Waals surface area contributed by atoms with Crippen LogP contribution in [0.3, 0.4) is 0 Å². The number of carbonyl (C=O) groups is 1. The fraction of sp³-hybridized carbons (Fsp3) is 0.400. The van der Waals surface area contributed by atoms with E-state index in [4.69, 9.17) is 4.52 Å². The predicted octanol–water partition coefficient (Wildman–Crippen LogP) is 2.63. The van der Waals surface area contributed by atoms with E-state index in [2.05, 4.69) is 10.1 Å². The van der Waals surface area contributed by atoms with Crippen molar-refractivity contribution in [2.75, 3.05) is 4.90 Å². The average molecular weight is 271 g/mol. The molecule has 1 aliphatic rings. The lowest BCUT2D eigenvalue weighted by Gasteiger charge is -2.18. The molecule has 0 N–H and O–H groups in total. The first-order chi connectivity index (χ1) is 9.63. The van der Waals surface area contributed by atoms with Crippen LogP contribution in [0.5, 0.6) is 0 Å². The van der Waals surface area contributed by atoms with Gasteiger partial charge in [0.05, 0.1) is 6.54 Å². The summed E-state index contributed by atoms with van der Waals surface area (Å²) in [6.45, 7) is 4.26. The van der Waals surface area contributed by atoms with Crippen LogP contribution in [-0.4, -0.2) is 16.0 Å². The molecule has 1 fully saturated rings. The molecule has 0 spiro atoms. The maximum Gasteiger partial charge on any atom is 0.331 e. The number of hydrogen-bond acceptors (Lipinski definition) is 4. The van der Waals surface area contributed by atoms with E-state index in [0.717, 1.165) is 18.4 Å². The monoisotopic (exact) mass is 271 g/mol. The SMILES string of the molecule is Cc1ccc(CN(C(=O)C2CC2)c2nc(C)no2)cc1. The Morgan fingerprint density at radius 1 is 1.30 bits per heavy atom. The van der Waals surface area contributed by atoms with E-state index in [9.17, 15) is 4.79 Å². The lowest BCUT2D eigenvalue weighted by molar-refractivity contribution is -0.120. The maximum absolute atomic E-state index is 12.4. The van der Waals surface area contributed by atoms with Crippen molar-refractivity contribution in [1.82, 2.24) is 10.1 Å². The highest BCUT2D eigenvalue weighted by Gasteiger charge is 2.36. The molecule has 1 amide bonds. The van der Waals surface area contributed by atoms with Gasteiger partial charge in [-0.05, 0) is 32.3 Å². The number of aromatic nitrogens is 2. The molecule has 5 nitrogen and oxygen atoms in total. The quantitative estimate of drug-likeness (QED) is 0.857. The number of benzene rings is 1. The second-order valence-corrected chi connectivity index (χ2v) is 5.31. The molecule has 0 bridgehead atoms. The Bertz CT molecular complexity index is 614. The van der Waals surface area contributed by atoms with Crippen LogP contribution in [0, 0.1) is 19.8 Å². The minimum atomic E-state index is 0.0780. The molecule has 1 heterocycles. The first-order valence-electron chi connectivity index (χ1n) is 6.81. The van der Waals surface area contributed by atoms with Gasteiger partial charge in [0.15, 0.2) is 5.82 Å². The van der Waals surface area contributed by atoms with Crippen LogP contribution in [0.1, 0.15) is 29.8 Å². The molecular weight excluding hydrogens is 254 g/mol. The molecule has 0 saturated heterocycles. The topological polar surface area (TPSA) is 59.2 Å². The van der Waals surface area contributed by atoms with Crippen molar-refractivity contribution in [2.24, 2.45) is 5.92 Å². The van der Waals surface area contributed by atoms with E-state index >= 15 is 0 Å². The fourth-order valence-corrected chi connectivity index (χ4v) is 2.06. The van der Waals surface area contributed by atoms with Gasteiger partial charge in [0.2, 0.25) is 5.91 Å². The third-order valence-corrected chi connectivity index (χ3v) is 3.40. The third-order valence-electron chi connectivity index (χ3n) is 3.40. The van der Waals surface area contributed by atoms with Crippen molar-refractivity contribution in [1.29, 1.82) is 0 Å². The second-order valence-electron chi connectivity index (χ2n) is 5.31. The number of aryl methyl sites for hydroxylation is 2. The highest BCUT2D eigenvalue weighted by Crippen LogP contribution is 2.33. The molecule has 1 saturated carbocycles. The number of carbonyl (C=O) groups excluding carboxylic acids is 1. The fourth-order valence-electron chi connectivity index (χ4n) is 2.06. The van der Waals surface area contributed by atoms with Gasteiger partial charge in [-0.25, -0.2) is 0 Å². The van der Waals surface area contributed by atoms with Gasteiger partial charge in [-0.3, -0.25) is 9.69 Å². The Morgan fingerprint density at radius 3 is 2.55 bits per heavy atom. The predicted molar refractivity (Wildman–Crippen MR) is 74.1 cm³/mol. The Morgan fingerprint density at radius 2 is 2.00 bits per heavy atom. The van der Waals surface area contributed by atoms with Crippen molar-refractivity contribution < 1.29 is 9.32 Å². The van der Waals surface area contributed by atoms with Gasteiger partial charge < -0.3 is 4.52 Å². The van der Waals surface area contributed by atoms with E-state index in [-0.39, 0.29) is 11.8 Å². The van der Waals surface area contributed by atoms with Crippen molar-refractivity contribution in [3.05, 3.63) is 41.2 Å². The van der Waals surface area contributed by atoms with Gasteiger partial charge in [0.1, 0.15) is 0 Å². The number of nitrogens with zero attached hydrogens (tertiary/aromatic N) is 3. The van der Waals surface area contributed by atoms with E-state index in [1.807, 2.05) is 31.2 Å². The Balaban J connectivity index is 1.85. The lowest BCUT2D eigenvalue weighted by Crippen LogP contribution is -2.32. The zero-order valence-corrected chi connectivity index (χ0v) is 11.7. The van der Waals surface area contributed by atoms with E-state index < -0.39 is 0 Å². The molecule has 1 aromatic carbocycles. The molecule has 0 aliphatic heterocycles. The first kappa shape index (κ1) is 12.8. The zero-order chi connectivity index (χ0) is 14.1. The van der Waals surface area contributed by atoms with E-state index in [1.54, 1.807) is 11.8 Å². The number of rotatable bonds is 4. The van der Waals surface area contributed by atoms with Crippen molar-refractivity contribution in [3.8, 4) is 0 Å². The van der Waals surface area contributed by atoms with Crippen LogP contribution in [0.2, 0.25) is 0 Å². The van der Waals surface area contributed by atoms with Crippen molar-refractivity contribution in [3.63, 3.8) is 0 Å². The summed E-state index contributed by atoms with van der Waals surface area (Å²) >= 11 is 0. The summed E-state index contributed by atoms with van der Waals surface area (Å²) in [5.41, 5.74) is 2.25. The van der Waals surface area contributed by atoms with Gasteiger partial charge in [-0.1, -0.05) is 35.0 Å². The molecule has 2 aromatic rings. The zero-order valence-electron chi connectivity index (χ0n) is 11.7. The van der Waals surface area contributed by atoms with E-state index in [0.29, 0.717) is 18.4 Å². The van der Waals surface area contributed by atoms with Crippen LogP contribution < -0.4 is 4.90 Å². The van der Waals surface area contributed by atoms with Crippen LogP contribution in [0.15, 0.2) is 28.8 Å². The lowest BCUT2D eigenvalue weighted by atomic mass is 10.1. The van der Waals surface area contributed by atoms with Crippen molar-refractivity contribution >= 4 is 11.9 Å². The first-order valence-corrected chi connectivity index (χ1v) is 6.81. The summed E-state index contributed by atoms with van der Waals surface area (Å²) in [4.78, 5) is 18.2. The molecule has 1 aliphatic carbocycles. The molecule has 0 atom stereocenters. The molecule has 1 aromatic heterocycles. The smallest absolute Gasteiger partial charge is 0.315 e. The number of amides is 1. The van der Waals surface area contributed by atoms with Crippen molar-refractivity contribution in [2.45, 2.75) is 33.2 Å². The highest BCUT2D eigenvalue weighted by molar-refractivity contribution is 5.94. The Hall–Kier alpha value is -2.17. The molecule has 3 rings (SSSR count). The average Bonchev–Trinajstić information content (AvgIpc) is 3.20. The van der Waals surface area contributed by atoms with Gasteiger partial charge in [0, 0.05) is 5.92 Å². The number of anilines is 1. The van der Waals surface area contributed by atoms with Crippen LogP contribution in [0.4, 0.5) is 6.01 Å². The normalized spacial score (nSPS) is 14.3. The van der Waals surface area contributed by atoms with Gasteiger partial charge in [-0.15, -0.1) is 0 Å². The molecular formula is C15H17N3O2. The summed E-state index contributed by atoms with van der Waals surface area (Å²) in [6, 6.07) is 8.40. The summed E-state index contributed by atoms with van der Waals surface area (Å²) in [7, 11) is 0. The molecule has 5 heteroatoms. The maximum atomic E-state index is 12.4. The largest absolute Gasteiger partial charge is 0.331 e. The van der Waals surface area contributed by atoms with E-state index in [1.165, 1.54) is 5.56 Å². The summed E-state index contributed by atoms with van der Waals surface area (Å²) in [5.74, 6) is 0.736. The van der Waals surface area contributed by atoms with Crippen LogP contribution >= 0.6 is 0 Å².